The fourth-order valence-corrected chi connectivity index (χ4v) is 1.68. The average Bonchev–Trinajstić information content (AvgIpc) is 2.35. The van der Waals surface area contributed by atoms with Gasteiger partial charge in [0.1, 0.15) is 17.4 Å². The molecule has 1 rings (SSSR count). The van der Waals surface area contributed by atoms with Crippen LogP contribution in [0.1, 0.15) is 31.4 Å². The van der Waals surface area contributed by atoms with E-state index >= 15 is 0 Å². The first-order valence-corrected chi connectivity index (χ1v) is 5.93. The first kappa shape index (κ1) is 15.4. The van der Waals surface area contributed by atoms with Crippen LogP contribution in [0, 0.1) is 11.6 Å². The normalized spacial score (nSPS) is 12.1. The minimum atomic E-state index is -0.907. The molecule has 1 unspecified atom stereocenters. The summed E-state index contributed by atoms with van der Waals surface area (Å²) in [6.07, 6.45) is 0.124. The van der Waals surface area contributed by atoms with Crippen molar-refractivity contribution in [3.05, 3.63) is 29.3 Å². The van der Waals surface area contributed by atoms with Gasteiger partial charge in [0.15, 0.2) is 0 Å². The monoisotopic (exact) mass is 273 g/mol. The molecule has 1 aromatic carbocycles. The van der Waals surface area contributed by atoms with E-state index in [9.17, 15) is 13.6 Å². The number of methoxy groups -OCH3 is 1. The third-order valence-corrected chi connectivity index (χ3v) is 2.62. The molecule has 0 bridgehead atoms. The molecular formula is C13H17F2NO3. The van der Waals surface area contributed by atoms with Crippen LogP contribution in [0.3, 0.4) is 0 Å². The molecule has 0 amide bonds. The Morgan fingerprint density at radius 1 is 1.37 bits per heavy atom. The van der Waals surface area contributed by atoms with Crippen molar-refractivity contribution < 1.29 is 23.0 Å². The first-order chi connectivity index (χ1) is 8.99. The summed E-state index contributed by atoms with van der Waals surface area (Å²) in [5.41, 5.74) is 5.46. The van der Waals surface area contributed by atoms with Crippen molar-refractivity contribution in [2.45, 2.75) is 25.8 Å². The van der Waals surface area contributed by atoms with Gasteiger partial charge in [-0.1, -0.05) is 0 Å². The van der Waals surface area contributed by atoms with Gasteiger partial charge in [0.05, 0.1) is 13.7 Å². The molecule has 0 heterocycles. The van der Waals surface area contributed by atoms with Gasteiger partial charge in [-0.25, -0.2) is 8.78 Å². The summed E-state index contributed by atoms with van der Waals surface area (Å²) >= 11 is 0. The molecule has 4 nitrogen and oxygen atoms in total. The number of carbonyl (C=O) groups excluding carboxylic acids is 1. The summed E-state index contributed by atoms with van der Waals surface area (Å²) in [4.78, 5) is 11.2. The SMILES string of the molecule is CCOC(=O)CCC(N)c1c(F)cc(OC)cc1F. The van der Waals surface area contributed by atoms with Crippen LogP contribution in [0.4, 0.5) is 8.78 Å². The van der Waals surface area contributed by atoms with Crippen LogP contribution in [0.25, 0.3) is 0 Å². The van der Waals surface area contributed by atoms with Gasteiger partial charge in [0.25, 0.3) is 0 Å². The molecule has 0 aliphatic heterocycles. The quantitative estimate of drug-likeness (QED) is 0.808. The molecule has 0 radical (unpaired) electrons. The van der Waals surface area contributed by atoms with E-state index in [-0.39, 0.29) is 30.8 Å². The summed E-state index contributed by atoms with van der Waals surface area (Å²) in [6, 6.07) is 1.21. The lowest BCUT2D eigenvalue weighted by atomic mass is 10.0. The summed E-state index contributed by atoms with van der Waals surface area (Å²) in [5, 5.41) is 0. The Bertz CT molecular complexity index is 429. The van der Waals surface area contributed by atoms with Gasteiger partial charge < -0.3 is 15.2 Å². The second-order valence-electron chi connectivity index (χ2n) is 3.95. The Labute approximate surface area is 110 Å². The molecule has 1 aromatic rings. The maximum absolute atomic E-state index is 13.7. The Kier molecular flexibility index (Phi) is 5.69. The van der Waals surface area contributed by atoms with E-state index < -0.39 is 23.6 Å². The van der Waals surface area contributed by atoms with Gasteiger partial charge in [0, 0.05) is 30.2 Å². The summed E-state index contributed by atoms with van der Waals surface area (Å²) < 4.78 is 36.9. The lowest BCUT2D eigenvalue weighted by molar-refractivity contribution is -0.143. The highest BCUT2D eigenvalue weighted by Gasteiger charge is 2.19. The van der Waals surface area contributed by atoms with Crippen molar-refractivity contribution in [1.82, 2.24) is 0 Å². The summed E-state index contributed by atoms with van der Waals surface area (Å²) in [7, 11) is 1.31. The maximum atomic E-state index is 13.7. The van der Waals surface area contributed by atoms with E-state index in [2.05, 4.69) is 0 Å². The van der Waals surface area contributed by atoms with E-state index in [0.717, 1.165) is 12.1 Å². The van der Waals surface area contributed by atoms with Crippen LogP contribution in [0.2, 0.25) is 0 Å². The van der Waals surface area contributed by atoms with E-state index in [1.54, 1.807) is 6.92 Å². The highest BCUT2D eigenvalue weighted by atomic mass is 19.1. The van der Waals surface area contributed by atoms with Crippen molar-refractivity contribution in [2.75, 3.05) is 13.7 Å². The molecule has 0 saturated heterocycles. The van der Waals surface area contributed by atoms with E-state index in [0.29, 0.717) is 0 Å². The number of benzene rings is 1. The Morgan fingerprint density at radius 3 is 2.42 bits per heavy atom. The van der Waals surface area contributed by atoms with Crippen molar-refractivity contribution >= 4 is 5.97 Å². The number of hydrogen-bond donors (Lipinski definition) is 1. The fourth-order valence-electron chi connectivity index (χ4n) is 1.68. The van der Waals surface area contributed by atoms with Gasteiger partial charge in [-0.05, 0) is 13.3 Å². The molecule has 106 valence electrons. The molecule has 0 aliphatic rings. The van der Waals surface area contributed by atoms with Gasteiger partial charge in [-0.3, -0.25) is 4.79 Å². The molecule has 0 aliphatic carbocycles. The molecule has 0 fully saturated rings. The summed E-state index contributed by atoms with van der Waals surface area (Å²) in [6.45, 7) is 1.94. The van der Waals surface area contributed by atoms with Crippen molar-refractivity contribution in [3.63, 3.8) is 0 Å². The number of esters is 1. The zero-order valence-corrected chi connectivity index (χ0v) is 10.9. The number of halogens is 2. The smallest absolute Gasteiger partial charge is 0.305 e. The number of ether oxygens (including phenoxy) is 2. The standard InChI is InChI=1S/C13H17F2NO3/c1-3-19-12(17)5-4-11(16)13-9(14)6-8(18-2)7-10(13)15/h6-7,11H,3-5,16H2,1-2H3. The molecule has 1 atom stereocenters. The third-order valence-electron chi connectivity index (χ3n) is 2.62. The third kappa shape index (κ3) is 4.17. The average molecular weight is 273 g/mol. The van der Waals surface area contributed by atoms with Crippen LogP contribution >= 0.6 is 0 Å². The lowest BCUT2D eigenvalue weighted by Crippen LogP contribution is -2.16. The van der Waals surface area contributed by atoms with Gasteiger partial charge in [-0.2, -0.15) is 0 Å². The number of hydrogen-bond acceptors (Lipinski definition) is 4. The second-order valence-corrected chi connectivity index (χ2v) is 3.95. The Morgan fingerprint density at radius 2 is 1.95 bits per heavy atom. The number of carbonyl (C=O) groups is 1. The van der Waals surface area contributed by atoms with Crippen LogP contribution in [-0.4, -0.2) is 19.7 Å². The zero-order chi connectivity index (χ0) is 14.4. The van der Waals surface area contributed by atoms with Crippen LogP contribution in [0.5, 0.6) is 5.75 Å². The topological polar surface area (TPSA) is 61.5 Å². The fraction of sp³-hybridized carbons (Fsp3) is 0.462. The highest BCUT2D eigenvalue weighted by Crippen LogP contribution is 2.26. The molecular weight excluding hydrogens is 256 g/mol. The molecule has 19 heavy (non-hydrogen) atoms. The minimum Gasteiger partial charge on any atom is -0.497 e. The van der Waals surface area contributed by atoms with Gasteiger partial charge in [-0.15, -0.1) is 0 Å². The van der Waals surface area contributed by atoms with Crippen LogP contribution < -0.4 is 10.5 Å². The van der Waals surface area contributed by atoms with Gasteiger partial charge in [0.2, 0.25) is 0 Å². The predicted molar refractivity (Wildman–Crippen MR) is 65.7 cm³/mol. The largest absolute Gasteiger partial charge is 0.497 e. The zero-order valence-electron chi connectivity index (χ0n) is 10.9. The van der Waals surface area contributed by atoms with Crippen molar-refractivity contribution in [3.8, 4) is 5.75 Å². The number of nitrogens with two attached hydrogens (primary N) is 1. The lowest BCUT2D eigenvalue weighted by Gasteiger charge is -2.14. The second kappa shape index (κ2) is 7.04. The number of rotatable bonds is 6. The van der Waals surface area contributed by atoms with E-state index in [4.69, 9.17) is 15.2 Å². The molecule has 6 heteroatoms. The van der Waals surface area contributed by atoms with Crippen LogP contribution in [-0.2, 0) is 9.53 Å². The Balaban J connectivity index is 2.77. The van der Waals surface area contributed by atoms with Crippen molar-refractivity contribution in [2.24, 2.45) is 5.73 Å². The van der Waals surface area contributed by atoms with Crippen LogP contribution in [0.15, 0.2) is 12.1 Å². The molecule has 0 saturated carbocycles. The van der Waals surface area contributed by atoms with E-state index in [1.807, 2.05) is 0 Å². The Hall–Kier alpha value is -1.69. The minimum absolute atomic E-state index is 0.0138. The summed E-state index contributed by atoms with van der Waals surface area (Å²) in [5.74, 6) is -1.93. The van der Waals surface area contributed by atoms with Crippen molar-refractivity contribution in [1.29, 1.82) is 0 Å². The molecule has 0 spiro atoms. The first-order valence-electron chi connectivity index (χ1n) is 5.93. The maximum Gasteiger partial charge on any atom is 0.305 e. The molecule has 0 aromatic heterocycles. The highest BCUT2D eigenvalue weighted by molar-refractivity contribution is 5.69. The van der Waals surface area contributed by atoms with E-state index in [1.165, 1.54) is 7.11 Å². The van der Waals surface area contributed by atoms with Gasteiger partial charge >= 0.3 is 5.97 Å². The molecule has 2 N–H and O–H groups in total. The predicted octanol–water partition coefficient (Wildman–Crippen LogP) is 2.32.